The fourth-order valence-corrected chi connectivity index (χ4v) is 4.32. The van der Waals surface area contributed by atoms with Crippen molar-refractivity contribution in [1.82, 2.24) is 25.0 Å². The summed E-state index contributed by atoms with van der Waals surface area (Å²) in [7, 11) is 0. The van der Waals surface area contributed by atoms with Gasteiger partial charge in [-0.2, -0.15) is 0 Å². The van der Waals surface area contributed by atoms with E-state index in [1.165, 1.54) is 12.1 Å². The van der Waals surface area contributed by atoms with E-state index in [1.54, 1.807) is 18.5 Å². The van der Waals surface area contributed by atoms with Gasteiger partial charge in [0.1, 0.15) is 11.6 Å². The molecular formula is C24H24FN5O2. The lowest BCUT2D eigenvalue weighted by Gasteiger charge is -2.34. The maximum absolute atomic E-state index is 13.6. The first-order chi connectivity index (χ1) is 15.5. The van der Waals surface area contributed by atoms with E-state index in [2.05, 4.69) is 20.1 Å². The Morgan fingerprint density at radius 1 is 1.22 bits per heavy atom. The fraction of sp³-hybridized carbons (Fsp3) is 0.333. The summed E-state index contributed by atoms with van der Waals surface area (Å²) in [5, 5.41) is 4.87. The Balaban J connectivity index is 1.45. The third-order valence-corrected chi connectivity index (χ3v) is 5.96. The van der Waals surface area contributed by atoms with Gasteiger partial charge in [-0.1, -0.05) is 31.1 Å². The first-order valence-corrected chi connectivity index (χ1v) is 10.9. The molecule has 1 aliphatic rings. The smallest absolute Gasteiger partial charge is 0.257 e. The lowest BCUT2D eigenvalue weighted by molar-refractivity contribution is 0.0601. The summed E-state index contributed by atoms with van der Waals surface area (Å²) in [5.41, 5.74) is 3.19. The SMILES string of the molecule is CC(C)c1noc2ncc(C(=O)N3CCCCC3c3ncc(-c4cccc(F)c4)[nH]3)cc12. The van der Waals surface area contributed by atoms with Crippen LogP contribution in [0.3, 0.4) is 0 Å². The highest BCUT2D eigenvalue weighted by Gasteiger charge is 2.31. The molecule has 1 N–H and O–H groups in total. The number of pyridine rings is 1. The van der Waals surface area contributed by atoms with E-state index in [0.29, 0.717) is 23.6 Å². The summed E-state index contributed by atoms with van der Waals surface area (Å²) < 4.78 is 18.9. The summed E-state index contributed by atoms with van der Waals surface area (Å²) in [6, 6.07) is 8.02. The van der Waals surface area contributed by atoms with Crippen LogP contribution >= 0.6 is 0 Å². The number of nitrogens with one attached hydrogen (secondary N) is 1. The number of aromatic nitrogens is 4. The van der Waals surface area contributed by atoms with Gasteiger partial charge in [-0.15, -0.1) is 0 Å². The molecule has 8 heteroatoms. The van der Waals surface area contributed by atoms with Gasteiger partial charge in [0.15, 0.2) is 0 Å². The summed E-state index contributed by atoms with van der Waals surface area (Å²) >= 11 is 0. The molecule has 7 nitrogen and oxygen atoms in total. The number of rotatable bonds is 4. The first-order valence-electron chi connectivity index (χ1n) is 10.9. The Kier molecular flexibility index (Phi) is 5.20. The van der Waals surface area contributed by atoms with E-state index < -0.39 is 0 Å². The molecule has 1 unspecified atom stereocenters. The van der Waals surface area contributed by atoms with Crippen LogP contribution in [0.15, 0.2) is 47.2 Å². The largest absolute Gasteiger partial charge is 0.340 e. The Hall–Kier alpha value is -3.55. The van der Waals surface area contributed by atoms with E-state index in [-0.39, 0.29) is 23.7 Å². The predicted octanol–water partition coefficient (Wildman–Crippen LogP) is 5.24. The summed E-state index contributed by atoms with van der Waals surface area (Å²) in [4.78, 5) is 27.5. The van der Waals surface area contributed by atoms with E-state index in [4.69, 9.17) is 4.52 Å². The topological polar surface area (TPSA) is 87.9 Å². The number of carbonyl (C=O) groups excluding carboxylic acids is 1. The number of nitrogens with zero attached hydrogens (tertiary/aromatic N) is 4. The zero-order valence-electron chi connectivity index (χ0n) is 18.0. The van der Waals surface area contributed by atoms with Gasteiger partial charge in [-0.3, -0.25) is 4.79 Å². The van der Waals surface area contributed by atoms with E-state index in [0.717, 1.165) is 41.6 Å². The maximum Gasteiger partial charge on any atom is 0.257 e. The van der Waals surface area contributed by atoms with Crippen LogP contribution in [-0.2, 0) is 0 Å². The average Bonchev–Trinajstić information content (AvgIpc) is 3.46. The Bertz CT molecular complexity index is 1280. The van der Waals surface area contributed by atoms with Crippen LogP contribution in [-0.4, -0.2) is 37.5 Å². The first kappa shape index (κ1) is 20.4. The standard InChI is InChI=1S/C24H24FN5O2/c1-14(2)21-18-11-16(12-27-23(18)32-29-21)24(31)30-9-4-3-8-20(30)22-26-13-19(28-22)15-6-5-7-17(25)10-15/h5-7,10-14,20H,3-4,8-9H2,1-2H3,(H,26,28). The van der Waals surface area contributed by atoms with Crippen LogP contribution < -0.4 is 0 Å². The van der Waals surface area contributed by atoms with Crippen LogP contribution in [0, 0.1) is 5.82 Å². The number of aromatic amines is 1. The molecule has 1 fully saturated rings. The molecule has 1 aromatic carbocycles. The molecular weight excluding hydrogens is 409 g/mol. The van der Waals surface area contributed by atoms with Crippen molar-refractivity contribution in [2.45, 2.75) is 45.1 Å². The van der Waals surface area contributed by atoms with Gasteiger partial charge in [-0.25, -0.2) is 14.4 Å². The highest BCUT2D eigenvalue weighted by atomic mass is 19.1. The van der Waals surface area contributed by atoms with Gasteiger partial charge < -0.3 is 14.4 Å². The number of halogens is 1. The van der Waals surface area contributed by atoms with Gasteiger partial charge in [0.05, 0.1) is 34.6 Å². The number of hydrogen-bond donors (Lipinski definition) is 1. The van der Waals surface area contributed by atoms with Gasteiger partial charge in [0.2, 0.25) is 0 Å². The van der Waals surface area contributed by atoms with Crippen LogP contribution in [0.1, 0.15) is 66.9 Å². The minimum Gasteiger partial charge on any atom is -0.340 e. The molecule has 164 valence electrons. The molecule has 0 radical (unpaired) electrons. The third-order valence-electron chi connectivity index (χ3n) is 5.96. The molecule has 1 saturated heterocycles. The minimum atomic E-state index is -0.300. The number of piperidine rings is 1. The second-order valence-electron chi connectivity index (χ2n) is 8.50. The zero-order chi connectivity index (χ0) is 22.2. The highest BCUT2D eigenvalue weighted by Crippen LogP contribution is 2.33. The number of likely N-dealkylation sites (tertiary alicyclic amines) is 1. The van der Waals surface area contributed by atoms with Crippen molar-refractivity contribution in [2.24, 2.45) is 0 Å². The second kappa shape index (κ2) is 8.18. The molecule has 5 rings (SSSR count). The van der Waals surface area contributed by atoms with Crippen molar-refractivity contribution >= 4 is 17.0 Å². The Labute approximate surface area is 184 Å². The molecule has 0 aliphatic carbocycles. The number of fused-ring (bicyclic) bond motifs is 1. The average molecular weight is 433 g/mol. The molecule has 3 aromatic heterocycles. The molecule has 0 bridgehead atoms. The van der Waals surface area contributed by atoms with Crippen molar-refractivity contribution in [3.63, 3.8) is 0 Å². The number of amides is 1. The summed E-state index contributed by atoms with van der Waals surface area (Å²) in [6.07, 6.45) is 5.99. The van der Waals surface area contributed by atoms with Crippen molar-refractivity contribution in [2.75, 3.05) is 6.54 Å². The van der Waals surface area contributed by atoms with Crippen LogP contribution in [0.4, 0.5) is 4.39 Å². The summed E-state index contributed by atoms with van der Waals surface area (Å²) in [5.74, 6) is 0.476. The quantitative estimate of drug-likeness (QED) is 0.475. The number of hydrogen-bond acceptors (Lipinski definition) is 5. The van der Waals surface area contributed by atoms with Crippen molar-refractivity contribution < 1.29 is 13.7 Å². The van der Waals surface area contributed by atoms with Crippen molar-refractivity contribution in [1.29, 1.82) is 0 Å². The lowest BCUT2D eigenvalue weighted by atomic mass is 10.00. The zero-order valence-corrected chi connectivity index (χ0v) is 18.0. The molecule has 32 heavy (non-hydrogen) atoms. The van der Waals surface area contributed by atoms with Crippen molar-refractivity contribution in [3.8, 4) is 11.3 Å². The van der Waals surface area contributed by atoms with E-state index in [9.17, 15) is 9.18 Å². The fourth-order valence-electron chi connectivity index (χ4n) is 4.32. The second-order valence-corrected chi connectivity index (χ2v) is 8.50. The summed E-state index contributed by atoms with van der Waals surface area (Å²) in [6.45, 7) is 4.69. The molecule has 4 aromatic rings. The third kappa shape index (κ3) is 3.66. The Morgan fingerprint density at radius 2 is 2.09 bits per heavy atom. The molecule has 1 aliphatic heterocycles. The van der Waals surface area contributed by atoms with Gasteiger partial charge in [-0.05, 0) is 43.4 Å². The number of imidazole rings is 1. The monoisotopic (exact) mass is 433 g/mol. The number of carbonyl (C=O) groups is 1. The normalized spacial score (nSPS) is 16.8. The lowest BCUT2D eigenvalue weighted by Crippen LogP contribution is -2.39. The van der Waals surface area contributed by atoms with Crippen LogP contribution in [0.2, 0.25) is 0 Å². The van der Waals surface area contributed by atoms with Gasteiger partial charge >= 0.3 is 0 Å². The van der Waals surface area contributed by atoms with Gasteiger partial charge in [0.25, 0.3) is 11.6 Å². The molecule has 0 saturated carbocycles. The van der Waals surface area contributed by atoms with E-state index >= 15 is 0 Å². The van der Waals surface area contributed by atoms with E-state index in [1.807, 2.05) is 30.9 Å². The molecule has 4 heterocycles. The number of benzene rings is 1. The molecule has 1 atom stereocenters. The highest BCUT2D eigenvalue weighted by molar-refractivity contribution is 5.97. The Morgan fingerprint density at radius 3 is 2.91 bits per heavy atom. The minimum absolute atomic E-state index is 0.0938. The molecule has 1 amide bonds. The maximum atomic E-state index is 13.6. The van der Waals surface area contributed by atoms with Crippen LogP contribution in [0.25, 0.3) is 22.4 Å². The van der Waals surface area contributed by atoms with Crippen molar-refractivity contribution in [3.05, 3.63) is 65.6 Å². The van der Waals surface area contributed by atoms with Crippen LogP contribution in [0.5, 0.6) is 0 Å². The molecule has 0 spiro atoms. The predicted molar refractivity (Wildman–Crippen MR) is 118 cm³/mol. The number of H-pyrrole nitrogens is 1. The van der Waals surface area contributed by atoms with Gasteiger partial charge in [0, 0.05) is 18.3 Å².